The van der Waals surface area contributed by atoms with E-state index in [1.165, 1.54) is 16.3 Å². The molecule has 0 saturated heterocycles. The minimum Gasteiger partial charge on any atom is -0.449 e. The Morgan fingerprint density at radius 2 is 2.13 bits per heavy atom. The highest BCUT2D eigenvalue weighted by Crippen LogP contribution is 2.35. The van der Waals surface area contributed by atoms with Gasteiger partial charge < -0.3 is 9.30 Å². The number of benzene rings is 1. The zero-order chi connectivity index (χ0) is 16.4. The number of ether oxygens (including phenoxy) is 1. The quantitative estimate of drug-likeness (QED) is 0.618. The van der Waals surface area contributed by atoms with E-state index < -0.39 is 17.5 Å². The number of rotatable bonds is 5. The lowest BCUT2D eigenvalue weighted by Gasteiger charge is -2.37. The van der Waals surface area contributed by atoms with Gasteiger partial charge in [-0.3, -0.25) is 0 Å². The van der Waals surface area contributed by atoms with E-state index in [0.29, 0.717) is 12.8 Å². The molecule has 1 aromatic heterocycles. The van der Waals surface area contributed by atoms with E-state index in [4.69, 9.17) is 17.0 Å². The second-order valence-electron chi connectivity index (χ2n) is 5.80. The summed E-state index contributed by atoms with van der Waals surface area (Å²) >= 11 is 4.96. The summed E-state index contributed by atoms with van der Waals surface area (Å²) in [4.78, 5) is 16.1. The predicted molar refractivity (Wildman–Crippen MR) is 88.1 cm³/mol. The number of nitrogens with zero attached hydrogens (tertiary/aromatic N) is 2. The second kappa shape index (κ2) is 6.20. The number of carbonyl (C=O) groups is 1. The van der Waals surface area contributed by atoms with Gasteiger partial charge in [-0.05, 0) is 31.7 Å². The molecule has 1 aliphatic rings. The van der Waals surface area contributed by atoms with Crippen molar-refractivity contribution in [1.29, 1.82) is 0 Å². The summed E-state index contributed by atoms with van der Waals surface area (Å²) in [5, 5.41) is 1.47. The first-order chi connectivity index (χ1) is 11.1. The fourth-order valence-corrected chi connectivity index (χ4v) is 3.00. The molecule has 0 amide bonds. The minimum absolute atomic E-state index is 0.163. The van der Waals surface area contributed by atoms with Crippen molar-refractivity contribution in [2.75, 3.05) is 0 Å². The van der Waals surface area contributed by atoms with Crippen LogP contribution in [0.5, 0.6) is 0 Å². The van der Waals surface area contributed by atoms with Crippen LogP contribution in [-0.4, -0.2) is 26.5 Å². The first kappa shape index (κ1) is 15.8. The van der Waals surface area contributed by atoms with Crippen LogP contribution in [0.25, 0.3) is 0 Å². The Morgan fingerprint density at radius 3 is 2.70 bits per heavy atom. The van der Waals surface area contributed by atoms with E-state index in [1.807, 2.05) is 37.3 Å². The number of carbonyl (C=O) groups excluding carboxylic acids is 1. The molecular formula is C17H17FN2O2S. The lowest BCUT2D eigenvalue weighted by atomic mass is 9.82. The van der Waals surface area contributed by atoms with E-state index in [2.05, 4.69) is 4.98 Å². The summed E-state index contributed by atoms with van der Waals surface area (Å²) in [6.45, 7) is 1.88. The maximum absolute atomic E-state index is 14.1. The van der Waals surface area contributed by atoms with Gasteiger partial charge in [0.05, 0.1) is 12.4 Å². The van der Waals surface area contributed by atoms with E-state index in [0.717, 1.165) is 12.0 Å². The lowest BCUT2D eigenvalue weighted by molar-refractivity contribution is -0.0179. The molecule has 4 nitrogen and oxygen atoms in total. The van der Waals surface area contributed by atoms with Crippen LogP contribution >= 0.6 is 12.2 Å². The van der Waals surface area contributed by atoms with Gasteiger partial charge in [0.1, 0.15) is 5.60 Å². The molecule has 2 aromatic rings. The van der Waals surface area contributed by atoms with Gasteiger partial charge in [0.15, 0.2) is 5.69 Å². The summed E-state index contributed by atoms with van der Waals surface area (Å²) in [5.74, 6) is -1.54. The van der Waals surface area contributed by atoms with Gasteiger partial charge in [-0.2, -0.15) is 4.39 Å². The zero-order valence-electron chi connectivity index (χ0n) is 12.7. The van der Waals surface area contributed by atoms with Gasteiger partial charge in [-0.25, -0.2) is 9.78 Å². The molecule has 120 valence electrons. The molecule has 1 fully saturated rings. The van der Waals surface area contributed by atoms with Gasteiger partial charge in [0, 0.05) is 5.37 Å². The van der Waals surface area contributed by atoms with Crippen LogP contribution in [0.3, 0.4) is 0 Å². The number of hydrogen-bond donors (Lipinski definition) is 0. The van der Waals surface area contributed by atoms with Crippen LogP contribution in [-0.2, 0) is 4.74 Å². The minimum atomic E-state index is -0.823. The summed E-state index contributed by atoms with van der Waals surface area (Å²) in [6, 6.07) is 9.30. The van der Waals surface area contributed by atoms with E-state index in [9.17, 15) is 9.18 Å². The largest absolute Gasteiger partial charge is 0.449 e. The summed E-state index contributed by atoms with van der Waals surface area (Å²) in [7, 11) is 0. The SMILES string of the molecule is C[C@H](c1ccccc1)n1cnc(F)c1C(=O)OC1(C=S)CCC1. The standard InChI is InChI=1S/C17H17FN2O2S/c1-12(13-6-3-2-4-7-13)20-11-19-15(18)14(20)16(21)22-17(10-23)8-5-9-17/h2-4,6-7,10-12H,5,8-9H2,1H3/t12-/m1/s1. The molecule has 3 rings (SSSR count). The fraction of sp³-hybridized carbons (Fsp3) is 0.353. The molecule has 6 heteroatoms. The van der Waals surface area contributed by atoms with Crippen molar-refractivity contribution in [3.8, 4) is 0 Å². The van der Waals surface area contributed by atoms with Crippen molar-refractivity contribution >= 4 is 23.6 Å². The molecule has 0 spiro atoms. The summed E-state index contributed by atoms with van der Waals surface area (Å²) in [6.07, 6.45) is 3.65. The first-order valence-corrected chi connectivity index (χ1v) is 8.00. The van der Waals surface area contributed by atoms with Crippen LogP contribution in [0.15, 0.2) is 36.7 Å². The van der Waals surface area contributed by atoms with Crippen LogP contribution in [0.1, 0.15) is 48.3 Å². The van der Waals surface area contributed by atoms with E-state index in [1.54, 1.807) is 0 Å². The summed E-state index contributed by atoms with van der Waals surface area (Å²) in [5.41, 5.74) is 0.0563. The monoisotopic (exact) mass is 332 g/mol. The third-order valence-corrected chi connectivity index (χ3v) is 4.78. The average Bonchev–Trinajstić information content (AvgIpc) is 2.92. The van der Waals surface area contributed by atoms with Crippen LogP contribution in [0.4, 0.5) is 4.39 Å². The topological polar surface area (TPSA) is 44.1 Å². The van der Waals surface area contributed by atoms with E-state index >= 15 is 0 Å². The zero-order valence-corrected chi connectivity index (χ0v) is 13.6. The molecular weight excluding hydrogens is 315 g/mol. The van der Waals surface area contributed by atoms with Crippen molar-refractivity contribution in [2.45, 2.75) is 37.8 Å². The van der Waals surface area contributed by atoms with Crippen LogP contribution < -0.4 is 0 Å². The Labute approximate surface area is 139 Å². The molecule has 1 aromatic carbocycles. The number of thiocarbonyl (C=S) groups is 1. The van der Waals surface area contributed by atoms with Gasteiger partial charge in [0.25, 0.3) is 0 Å². The number of aromatic nitrogens is 2. The van der Waals surface area contributed by atoms with Gasteiger partial charge in [0.2, 0.25) is 5.95 Å². The highest BCUT2D eigenvalue weighted by atomic mass is 32.1. The van der Waals surface area contributed by atoms with Gasteiger partial charge in [-0.15, -0.1) is 0 Å². The number of imidazole rings is 1. The second-order valence-corrected chi connectivity index (χ2v) is 6.04. The Kier molecular flexibility index (Phi) is 4.26. The van der Waals surface area contributed by atoms with Crippen LogP contribution in [0, 0.1) is 5.95 Å². The Balaban J connectivity index is 1.89. The van der Waals surface area contributed by atoms with Crippen molar-refractivity contribution in [3.05, 3.63) is 53.9 Å². The average molecular weight is 332 g/mol. The predicted octanol–water partition coefficient (Wildman–Crippen LogP) is 3.71. The molecule has 1 saturated carbocycles. The Bertz CT molecular complexity index is 725. The van der Waals surface area contributed by atoms with Crippen molar-refractivity contribution in [2.24, 2.45) is 0 Å². The Morgan fingerprint density at radius 1 is 1.43 bits per heavy atom. The Hall–Kier alpha value is -2.08. The maximum Gasteiger partial charge on any atom is 0.360 e. The highest BCUT2D eigenvalue weighted by Gasteiger charge is 2.40. The normalized spacial score (nSPS) is 17.1. The maximum atomic E-state index is 14.1. The molecule has 1 aliphatic carbocycles. The third-order valence-electron chi connectivity index (χ3n) is 4.35. The fourth-order valence-electron chi connectivity index (χ4n) is 2.72. The number of esters is 1. The van der Waals surface area contributed by atoms with Crippen molar-refractivity contribution in [1.82, 2.24) is 9.55 Å². The molecule has 0 bridgehead atoms. The highest BCUT2D eigenvalue weighted by molar-refractivity contribution is 7.79. The van der Waals surface area contributed by atoms with Crippen molar-refractivity contribution < 1.29 is 13.9 Å². The smallest absolute Gasteiger partial charge is 0.360 e. The summed E-state index contributed by atoms with van der Waals surface area (Å²) < 4.78 is 21.0. The van der Waals surface area contributed by atoms with Crippen molar-refractivity contribution in [3.63, 3.8) is 0 Å². The number of halogens is 1. The molecule has 1 heterocycles. The molecule has 1 atom stereocenters. The lowest BCUT2D eigenvalue weighted by Crippen LogP contribution is -2.43. The third kappa shape index (κ3) is 2.91. The molecule has 0 radical (unpaired) electrons. The molecule has 0 aliphatic heterocycles. The first-order valence-electron chi connectivity index (χ1n) is 7.53. The molecule has 0 unspecified atom stereocenters. The van der Waals surface area contributed by atoms with Gasteiger partial charge >= 0.3 is 5.97 Å². The van der Waals surface area contributed by atoms with E-state index in [-0.39, 0.29) is 11.7 Å². The van der Waals surface area contributed by atoms with Gasteiger partial charge in [-0.1, -0.05) is 42.5 Å². The van der Waals surface area contributed by atoms with Crippen LogP contribution in [0.2, 0.25) is 0 Å². The molecule has 0 N–H and O–H groups in total. The molecule has 23 heavy (non-hydrogen) atoms. The number of hydrogen-bond acceptors (Lipinski definition) is 4.